The van der Waals surface area contributed by atoms with Crippen LogP contribution in [-0.2, 0) is 0 Å². The van der Waals surface area contributed by atoms with E-state index in [1.54, 1.807) is 6.20 Å². The fraction of sp³-hybridized carbons (Fsp3) is 0.600. The van der Waals surface area contributed by atoms with Crippen LogP contribution in [0.2, 0.25) is 0 Å². The first-order chi connectivity index (χ1) is 6.77. The van der Waals surface area contributed by atoms with E-state index in [0.29, 0.717) is 5.92 Å². The maximum absolute atomic E-state index is 5.88. The monoisotopic (exact) mass is 192 g/mol. The first kappa shape index (κ1) is 9.40. The molecule has 0 spiro atoms. The highest BCUT2D eigenvalue weighted by molar-refractivity contribution is 5.37. The molecule has 1 aromatic rings. The zero-order chi connectivity index (χ0) is 9.97. The summed E-state index contributed by atoms with van der Waals surface area (Å²) in [7, 11) is 0. The first-order valence-corrected chi connectivity index (χ1v) is 5.05. The van der Waals surface area contributed by atoms with E-state index >= 15 is 0 Å². The van der Waals surface area contributed by atoms with Crippen LogP contribution in [0.3, 0.4) is 0 Å². The molecule has 1 saturated heterocycles. The Bertz CT molecular complexity index is 285. The quantitative estimate of drug-likeness (QED) is 0.747. The highest BCUT2D eigenvalue weighted by Gasteiger charge is 2.25. The number of rotatable bonds is 2. The van der Waals surface area contributed by atoms with Crippen molar-refractivity contribution in [3.63, 3.8) is 0 Å². The summed E-state index contributed by atoms with van der Waals surface area (Å²) in [6, 6.07) is 4.19. The lowest BCUT2D eigenvalue weighted by Crippen LogP contribution is -2.30. The minimum absolute atomic E-state index is 0.275. The smallest absolute Gasteiger partial charge is 0.151 e. The Hall–Kier alpha value is -1.16. The van der Waals surface area contributed by atoms with E-state index in [9.17, 15) is 0 Å². The SMILES string of the molecule is CC(N)C1CCN(c2cccnn2)C1. The van der Waals surface area contributed by atoms with Gasteiger partial charge in [-0.25, -0.2) is 0 Å². The third-order valence-electron chi connectivity index (χ3n) is 2.85. The molecule has 0 aliphatic carbocycles. The van der Waals surface area contributed by atoms with Crippen molar-refractivity contribution in [3.05, 3.63) is 18.3 Å². The Kier molecular flexibility index (Phi) is 2.63. The molecule has 76 valence electrons. The molecule has 2 rings (SSSR count). The zero-order valence-corrected chi connectivity index (χ0v) is 8.43. The standard InChI is InChI=1S/C10H16N4/c1-8(11)9-4-6-14(7-9)10-3-2-5-12-13-10/h2-3,5,8-9H,4,6-7,11H2,1H3. The molecule has 1 fully saturated rings. The van der Waals surface area contributed by atoms with Crippen molar-refractivity contribution < 1.29 is 0 Å². The average molecular weight is 192 g/mol. The van der Waals surface area contributed by atoms with Gasteiger partial charge in [0.05, 0.1) is 0 Å². The van der Waals surface area contributed by atoms with Crippen molar-refractivity contribution in [3.8, 4) is 0 Å². The molecule has 0 radical (unpaired) electrons. The summed E-state index contributed by atoms with van der Waals surface area (Å²) in [6.45, 7) is 4.13. The molecule has 2 atom stereocenters. The van der Waals surface area contributed by atoms with Crippen LogP contribution in [0.1, 0.15) is 13.3 Å². The molecule has 0 aromatic carbocycles. The summed E-state index contributed by atoms with van der Waals surface area (Å²) < 4.78 is 0. The van der Waals surface area contributed by atoms with Crippen LogP contribution in [0, 0.1) is 5.92 Å². The lowest BCUT2D eigenvalue weighted by molar-refractivity contribution is 0.488. The van der Waals surface area contributed by atoms with Crippen LogP contribution < -0.4 is 10.6 Å². The molecular weight excluding hydrogens is 176 g/mol. The Morgan fingerprint density at radius 3 is 3.07 bits per heavy atom. The minimum atomic E-state index is 0.275. The van der Waals surface area contributed by atoms with Gasteiger partial charge in [0.15, 0.2) is 5.82 Å². The van der Waals surface area contributed by atoms with Gasteiger partial charge in [0, 0.05) is 25.3 Å². The van der Waals surface area contributed by atoms with Gasteiger partial charge in [0.2, 0.25) is 0 Å². The number of nitrogens with zero attached hydrogens (tertiary/aromatic N) is 3. The summed E-state index contributed by atoms with van der Waals surface area (Å²) >= 11 is 0. The van der Waals surface area contributed by atoms with Crippen molar-refractivity contribution in [2.75, 3.05) is 18.0 Å². The lowest BCUT2D eigenvalue weighted by atomic mass is 10.0. The Morgan fingerprint density at radius 2 is 2.50 bits per heavy atom. The van der Waals surface area contributed by atoms with Crippen LogP contribution in [0.15, 0.2) is 18.3 Å². The van der Waals surface area contributed by atoms with Gasteiger partial charge in [-0.05, 0) is 31.4 Å². The van der Waals surface area contributed by atoms with Crippen LogP contribution in [-0.4, -0.2) is 29.3 Å². The molecule has 1 aliphatic rings. The van der Waals surface area contributed by atoms with E-state index < -0.39 is 0 Å². The fourth-order valence-electron chi connectivity index (χ4n) is 1.89. The number of nitrogens with two attached hydrogens (primary N) is 1. The van der Waals surface area contributed by atoms with E-state index in [0.717, 1.165) is 25.3 Å². The van der Waals surface area contributed by atoms with Gasteiger partial charge in [-0.2, -0.15) is 5.10 Å². The predicted molar refractivity (Wildman–Crippen MR) is 56.0 cm³/mol. The van der Waals surface area contributed by atoms with Crippen molar-refractivity contribution in [1.82, 2.24) is 10.2 Å². The summed E-state index contributed by atoms with van der Waals surface area (Å²) in [5.41, 5.74) is 5.88. The first-order valence-electron chi connectivity index (χ1n) is 5.05. The maximum Gasteiger partial charge on any atom is 0.151 e. The van der Waals surface area contributed by atoms with E-state index in [1.807, 2.05) is 12.1 Å². The van der Waals surface area contributed by atoms with Crippen LogP contribution in [0.5, 0.6) is 0 Å². The molecule has 0 amide bonds. The average Bonchev–Trinajstić information content (AvgIpc) is 2.68. The maximum atomic E-state index is 5.88. The molecule has 4 nitrogen and oxygen atoms in total. The van der Waals surface area contributed by atoms with Crippen LogP contribution in [0.4, 0.5) is 5.82 Å². The molecule has 1 aromatic heterocycles. The van der Waals surface area contributed by atoms with E-state index in [-0.39, 0.29) is 6.04 Å². The molecule has 1 aliphatic heterocycles. The van der Waals surface area contributed by atoms with E-state index in [4.69, 9.17) is 5.73 Å². The molecule has 2 N–H and O–H groups in total. The van der Waals surface area contributed by atoms with Gasteiger partial charge >= 0.3 is 0 Å². The summed E-state index contributed by atoms with van der Waals surface area (Å²) in [5.74, 6) is 1.56. The normalized spacial score (nSPS) is 23.9. The largest absolute Gasteiger partial charge is 0.355 e. The molecule has 0 bridgehead atoms. The molecule has 0 saturated carbocycles. The number of hydrogen-bond donors (Lipinski definition) is 1. The number of hydrogen-bond acceptors (Lipinski definition) is 4. The van der Waals surface area contributed by atoms with Gasteiger partial charge in [-0.3, -0.25) is 0 Å². The third kappa shape index (κ3) is 1.85. The Labute approximate surface area is 84.1 Å². The summed E-state index contributed by atoms with van der Waals surface area (Å²) in [5, 5.41) is 7.97. The molecule has 2 unspecified atom stereocenters. The van der Waals surface area contributed by atoms with Gasteiger partial charge in [-0.1, -0.05) is 0 Å². The molecule has 2 heterocycles. The number of anilines is 1. The van der Waals surface area contributed by atoms with Crippen molar-refractivity contribution in [2.24, 2.45) is 11.7 Å². The second-order valence-electron chi connectivity index (χ2n) is 3.94. The molecule has 4 heteroatoms. The Morgan fingerprint density at radius 1 is 1.64 bits per heavy atom. The third-order valence-corrected chi connectivity index (χ3v) is 2.85. The lowest BCUT2D eigenvalue weighted by Gasteiger charge is -2.17. The second kappa shape index (κ2) is 3.92. The fourth-order valence-corrected chi connectivity index (χ4v) is 1.89. The van der Waals surface area contributed by atoms with E-state index in [1.165, 1.54) is 0 Å². The highest BCUT2D eigenvalue weighted by Crippen LogP contribution is 2.22. The second-order valence-corrected chi connectivity index (χ2v) is 3.94. The predicted octanol–water partition coefficient (Wildman–Crippen LogP) is 0.650. The van der Waals surface area contributed by atoms with Gasteiger partial charge < -0.3 is 10.6 Å². The summed E-state index contributed by atoms with van der Waals surface area (Å²) in [4.78, 5) is 2.25. The Balaban J connectivity index is 2.03. The van der Waals surface area contributed by atoms with Gasteiger partial charge in [0.25, 0.3) is 0 Å². The minimum Gasteiger partial charge on any atom is -0.355 e. The van der Waals surface area contributed by atoms with Crippen LogP contribution >= 0.6 is 0 Å². The number of aromatic nitrogens is 2. The van der Waals surface area contributed by atoms with Crippen molar-refractivity contribution >= 4 is 5.82 Å². The zero-order valence-electron chi connectivity index (χ0n) is 8.43. The van der Waals surface area contributed by atoms with Crippen molar-refractivity contribution in [2.45, 2.75) is 19.4 Å². The van der Waals surface area contributed by atoms with Crippen LogP contribution in [0.25, 0.3) is 0 Å². The van der Waals surface area contributed by atoms with Crippen molar-refractivity contribution in [1.29, 1.82) is 0 Å². The molecule has 14 heavy (non-hydrogen) atoms. The van der Waals surface area contributed by atoms with E-state index in [2.05, 4.69) is 22.0 Å². The molecular formula is C10H16N4. The summed E-state index contributed by atoms with van der Waals surface area (Å²) in [6.07, 6.45) is 2.86. The topological polar surface area (TPSA) is 55.0 Å². The van der Waals surface area contributed by atoms with Gasteiger partial charge in [0.1, 0.15) is 0 Å². The highest BCUT2D eigenvalue weighted by atomic mass is 15.3. The van der Waals surface area contributed by atoms with Gasteiger partial charge in [-0.15, -0.1) is 5.10 Å².